The summed E-state index contributed by atoms with van der Waals surface area (Å²) in [6.07, 6.45) is 5.41. The van der Waals surface area contributed by atoms with Gasteiger partial charge in [0, 0.05) is 11.8 Å². The topological polar surface area (TPSA) is 35.2 Å². The van der Waals surface area contributed by atoms with Gasteiger partial charge in [0.05, 0.1) is 6.61 Å². The van der Waals surface area contributed by atoms with Gasteiger partial charge >= 0.3 is 0 Å². The van der Waals surface area contributed by atoms with Gasteiger partial charge in [0.2, 0.25) is 0 Å². The van der Waals surface area contributed by atoms with Gasteiger partial charge in [-0.3, -0.25) is 0 Å². The van der Waals surface area contributed by atoms with Crippen LogP contribution < -0.4 is 10.5 Å². The van der Waals surface area contributed by atoms with E-state index in [9.17, 15) is 0 Å². The Morgan fingerprint density at radius 3 is 2.21 bits per heavy atom. The summed E-state index contributed by atoms with van der Waals surface area (Å²) in [6.45, 7) is 0.772. The molecule has 0 aliphatic carbocycles. The van der Waals surface area contributed by atoms with E-state index in [1.54, 1.807) is 0 Å². The molecule has 0 aliphatic heterocycles. The molecule has 132 valence electrons. The fraction of sp³-hybridized carbons (Fsp3) is 0.400. The van der Waals surface area contributed by atoms with Crippen molar-refractivity contribution in [3.05, 3.63) is 65.7 Å². The van der Waals surface area contributed by atoms with Crippen LogP contribution in [0.1, 0.15) is 36.8 Å². The molecule has 0 unspecified atom stereocenters. The number of rotatable bonds is 10. The third-order valence-corrected chi connectivity index (χ3v) is 4.37. The van der Waals surface area contributed by atoms with Crippen molar-refractivity contribution >= 4 is 25.0 Å². The summed E-state index contributed by atoms with van der Waals surface area (Å²) >= 11 is 4.20. The van der Waals surface area contributed by atoms with Crippen LogP contribution in [0, 0.1) is 0 Å². The molecule has 0 spiro atoms. The molecule has 2 aromatic carbocycles. The zero-order valence-corrected chi connectivity index (χ0v) is 15.8. The van der Waals surface area contributed by atoms with E-state index in [-0.39, 0.29) is 18.4 Å². The summed E-state index contributed by atoms with van der Waals surface area (Å²) in [5.74, 6) is 1.72. The van der Waals surface area contributed by atoms with Gasteiger partial charge in [-0.05, 0) is 42.5 Å². The number of benzene rings is 2. The molecule has 0 fully saturated rings. The van der Waals surface area contributed by atoms with Crippen LogP contribution in [-0.4, -0.2) is 18.4 Å². The van der Waals surface area contributed by atoms with Crippen LogP contribution in [0.4, 0.5) is 0 Å². The standard InChI is InChI=1S/C20H27NOS.ClH/c21-19(16-23)9-5-2-6-14-22-20-12-10-18(11-13-20)15-17-7-3-1-4-8-17;/h1,3-4,7-8,10-13,19,23H,2,5-6,9,14-16,21H2;1H/t19-;/m0./s1. The van der Waals surface area contributed by atoms with Gasteiger partial charge < -0.3 is 10.5 Å². The average Bonchev–Trinajstić information content (AvgIpc) is 2.60. The van der Waals surface area contributed by atoms with Crippen LogP contribution >= 0.6 is 25.0 Å². The molecule has 24 heavy (non-hydrogen) atoms. The SMILES string of the molecule is Cl.N[C@H](CS)CCCCCOc1ccc(Cc2ccccc2)cc1. The maximum absolute atomic E-state index is 5.84. The highest BCUT2D eigenvalue weighted by Gasteiger charge is 2.00. The Morgan fingerprint density at radius 2 is 1.54 bits per heavy atom. The first kappa shape index (κ1) is 20.9. The van der Waals surface area contributed by atoms with Gasteiger partial charge in [-0.15, -0.1) is 12.4 Å². The largest absolute Gasteiger partial charge is 0.494 e. The highest BCUT2D eigenvalue weighted by atomic mass is 35.5. The summed E-state index contributed by atoms with van der Waals surface area (Å²) in [7, 11) is 0. The summed E-state index contributed by atoms with van der Waals surface area (Å²) in [6, 6.07) is 19.2. The van der Waals surface area contributed by atoms with Crippen molar-refractivity contribution in [1.29, 1.82) is 0 Å². The van der Waals surface area contributed by atoms with Crippen molar-refractivity contribution in [3.8, 4) is 5.75 Å². The molecule has 0 aromatic heterocycles. The van der Waals surface area contributed by atoms with E-state index in [2.05, 4.69) is 61.2 Å². The second-order valence-electron chi connectivity index (χ2n) is 5.95. The molecular weight excluding hydrogens is 338 g/mol. The molecule has 0 aliphatic rings. The Labute approximate surface area is 157 Å². The number of hydrogen-bond donors (Lipinski definition) is 2. The predicted octanol–water partition coefficient (Wildman–Crippen LogP) is 4.90. The number of hydrogen-bond acceptors (Lipinski definition) is 3. The molecule has 2 rings (SSSR count). The first-order valence-corrected chi connectivity index (χ1v) is 9.03. The predicted molar refractivity (Wildman–Crippen MR) is 109 cm³/mol. The Morgan fingerprint density at radius 1 is 0.875 bits per heavy atom. The number of thiol groups is 1. The fourth-order valence-electron chi connectivity index (χ4n) is 2.50. The molecule has 2 nitrogen and oxygen atoms in total. The van der Waals surface area contributed by atoms with Crippen LogP contribution in [0.15, 0.2) is 54.6 Å². The lowest BCUT2D eigenvalue weighted by atomic mass is 10.1. The minimum absolute atomic E-state index is 0. The van der Waals surface area contributed by atoms with E-state index >= 15 is 0 Å². The second-order valence-corrected chi connectivity index (χ2v) is 6.31. The van der Waals surface area contributed by atoms with Crippen molar-refractivity contribution in [2.75, 3.05) is 12.4 Å². The lowest BCUT2D eigenvalue weighted by molar-refractivity contribution is 0.304. The lowest BCUT2D eigenvalue weighted by Crippen LogP contribution is -2.21. The fourth-order valence-corrected chi connectivity index (χ4v) is 2.68. The molecule has 0 saturated heterocycles. The number of halogens is 1. The quantitative estimate of drug-likeness (QED) is 0.464. The molecule has 1 atom stereocenters. The third kappa shape index (κ3) is 8.09. The van der Waals surface area contributed by atoms with Gasteiger partial charge in [-0.25, -0.2) is 0 Å². The molecule has 0 bridgehead atoms. The van der Waals surface area contributed by atoms with Crippen molar-refractivity contribution in [3.63, 3.8) is 0 Å². The van der Waals surface area contributed by atoms with Crippen molar-refractivity contribution in [2.45, 2.75) is 38.1 Å². The maximum Gasteiger partial charge on any atom is 0.119 e. The Bertz CT molecular complexity index is 547. The summed E-state index contributed by atoms with van der Waals surface area (Å²) in [4.78, 5) is 0. The minimum Gasteiger partial charge on any atom is -0.494 e. The third-order valence-electron chi connectivity index (χ3n) is 3.90. The molecule has 2 aromatic rings. The van der Waals surface area contributed by atoms with Crippen molar-refractivity contribution in [2.24, 2.45) is 5.73 Å². The van der Waals surface area contributed by atoms with E-state index in [1.807, 2.05) is 6.07 Å². The van der Waals surface area contributed by atoms with Crippen LogP contribution in [0.5, 0.6) is 5.75 Å². The minimum atomic E-state index is 0. The van der Waals surface area contributed by atoms with E-state index in [4.69, 9.17) is 10.5 Å². The van der Waals surface area contributed by atoms with Gasteiger partial charge in [0.1, 0.15) is 5.75 Å². The van der Waals surface area contributed by atoms with Crippen LogP contribution in [0.25, 0.3) is 0 Å². The number of unbranched alkanes of at least 4 members (excludes halogenated alkanes) is 2. The lowest BCUT2D eigenvalue weighted by Gasteiger charge is -2.09. The molecule has 0 heterocycles. The monoisotopic (exact) mass is 365 g/mol. The highest BCUT2D eigenvalue weighted by Crippen LogP contribution is 2.16. The van der Waals surface area contributed by atoms with Gasteiger partial charge in [0.15, 0.2) is 0 Å². The summed E-state index contributed by atoms with van der Waals surface area (Å²) in [5.41, 5.74) is 8.48. The van der Waals surface area contributed by atoms with Gasteiger partial charge in [-0.1, -0.05) is 55.3 Å². The number of nitrogens with two attached hydrogens (primary N) is 1. The molecule has 4 heteroatoms. The molecule has 0 saturated carbocycles. The van der Waals surface area contributed by atoms with Crippen LogP contribution in [-0.2, 0) is 6.42 Å². The van der Waals surface area contributed by atoms with Gasteiger partial charge in [0.25, 0.3) is 0 Å². The van der Waals surface area contributed by atoms with Crippen molar-refractivity contribution in [1.82, 2.24) is 0 Å². The summed E-state index contributed by atoms with van der Waals surface area (Å²) < 4.78 is 5.80. The van der Waals surface area contributed by atoms with Crippen LogP contribution in [0.3, 0.4) is 0 Å². The zero-order valence-electron chi connectivity index (χ0n) is 14.1. The summed E-state index contributed by atoms with van der Waals surface area (Å²) in [5, 5.41) is 0. The molecule has 0 radical (unpaired) electrons. The normalized spacial score (nSPS) is 11.6. The maximum atomic E-state index is 5.84. The Kier molecular flexibility index (Phi) is 10.6. The molecule has 0 amide bonds. The Hall–Kier alpha value is -1.16. The first-order chi connectivity index (χ1) is 11.3. The van der Waals surface area contributed by atoms with Crippen LogP contribution in [0.2, 0.25) is 0 Å². The second kappa shape index (κ2) is 12.2. The van der Waals surface area contributed by atoms with E-state index in [0.29, 0.717) is 0 Å². The molecule has 2 N–H and O–H groups in total. The van der Waals surface area contributed by atoms with E-state index < -0.39 is 0 Å². The molecular formula is C20H28ClNOS. The average molecular weight is 366 g/mol. The first-order valence-electron chi connectivity index (χ1n) is 8.40. The van der Waals surface area contributed by atoms with Gasteiger partial charge in [-0.2, -0.15) is 12.6 Å². The van der Waals surface area contributed by atoms with E-state index in [0.717, 1.165) is 50.2 Å². The van der Waals surface area contributed by atoms with E-state index in [1.165, 1.54) is 11.1 Å². The highest BCUT2D eigenvalue weighted by molar-refractivity contribution is 7.80. The zero-order chi connectivity index (χ0) is 16.3. The Balaban J connectivity index is 0.00000288. The number of ether oxygens (including phenoxy) is 1. The van der Waals surface area contributed by atoms with Crippen molar-refractivity contribution < 1.29 is 4.74 Å². The smallest absolute Gasteiger partial charge is 0.119 e.